The van der Waals surface area contributed by atoms with Crippen molar-refractivity contribution in [2.75, 3.05) is 6.54 Å². The Morgan fingerprint density at radius 1 is 1.50 bits per heavy atom. The van der Waals surface area contributed by atoms with Crippen LogP contribution in [0.25, 0.3) is 0 Å². The lowest BCUT2D eigenvalue weighted by Gasteiger charge is -2.27. The molecule has 1 aromatic rings. The van der Waals surface area contributed by atoms with Crippen LogP contribution in [0.15, 0.2) is 10.5 Å². The Morgan fingerprint density at radius 3 is 2.75 bits per heavy atom. The summed E-state index contributed by atoms with van der Waals surface area (Å²) in [6.45, 7) is 2.60. The minimum absolute atomic E-state index is 0.136. The van der Waals surface area contributed by atoms with E-state index in [9.17, 15) is 14.6 Å². The van der Waals surface area contributed by atoms with Gasteiger partial charge >= 0.3 is 0 Å². The zero-order chi connectivity index (χ0) is 11.9. The number of phenols is 2. The number of nitrogens with one attached hydrogen (secondary N) is 1. The van der Waals surface area contributed by atoms with Gasteiger partial charge in [-0.05, 0) is 42.2 Å². The first-order valence-corrected chi connectivity index (χ1v) is 5.90. The molecular weight excluding hydrogens is 277 g/mol. The van der Waals surface area contributed by atoms with Gasteiger partial charge in [0.25, 0.3) is 0 Å². The fourth-order valence-electron chi connectivity index (χ4n) is 2.21. The summed E-state index contributed by atoms with van der Waals surface area (Å²) >= 11 is 3.03. The second-order valence-electron chi connectivity index (χ2n) is 4.28. The van der Waals surface area contributed by atoms with Crippen LogP contribution in [0.1, 0.15) is 25.3 Å². The maximum absolute atomic E-state index is 14.0. The lowest BCUT2D eigenvalue weighted by molar-refractivity contribution is 0.350. The zero-order valence-corrected chi connectivity index (χ0v) is 10.4. The zero-order valence-electron chi connectivity index (χ0n) is 8.85. The summed E-state index contributed by atoms with van der Waals surface area (Å²) in [5, 5.41) is 22.4. The van der Waals surface area contributed by atoms with Crippen molar-refractivity contribution in [2.45, 2.75) is 25.3 Å². The van der Waals surface area contributed by atoms with Gasteiger partial charge in [-0.15, -0.1) is 0 Å². The predicted octanol–water partition coefficient (Wildman–Crippen LogP) is 2.60. The van der Waals surface area contributed by atoms with Crippen LogP contribution in [-0.4, -0.2) is 16.8 Å². The summed E-state index contributed by atoms with van der Waals surface area (Å²) in [5.74, 6) is -1.21. The molecule has 0 aliphatic carbocycles. The standard InChI is InChI=1S/C11H13BrFNO2/c1-11(3-2-4-14-11)8-9(13)6(12)5-7(15)10(8)16/h5,14-16H,2-4H2,1H3. The van der Waals surface area contributed by atoms with Gasteiger partial charge < -0.3 is 15.5 Å². The molecule has 0 aromatic heterocycles. The van der Waals surface area contributed by atoms with Gasteiger partial charge in [0.15, 0.2) is 11.5 Å². The Hall–Kier alpha value is -0.810. The van der Waals surface area contributed by atoms with Crippen molar-refractivity contribution in [3.8, 4) is 11.5 Å². The number of phenolic OH excluding ortho intramolecular Hbond substituents is 2. The molecule has 2 rings (SSSR count). The van der Waals surface area contributed by atoms with Crippen LogP contribution in [0.2, 0.25) is 0 Å². The highest BCUT2D eigenvalue weighted by Gasteiger charge is 2.36. The monoisotopic (exact) mass is 289 g/mol. The van der Waals surface area contributed by atoms with E-state index in [4.69, 9.17) is 0 Å². The predicted molar refractivity (Wildman–Crippen MR) is 62.0 cm³/mol. The van der Waals surface area contributed by atoms with Crippen LogP contribution in [0, 0.1) is 5.82 Å². The molecule has 1 aromatic carbocycles. The van der Waals surface area contributed by atoms with Crippen LogP contribution < -0.4 is 5.32 Å². The van der Waals surface area contributed by atoms with Crippen LogP contribution in [0.5, 0.6) is 11.5 Å². The highest BCUT2D eigenvalue weighted by Crippen LogP contribution is 2.44. The van der Waals surface area contributed by atoms with E-state index in [1.165, 1.54) is 0 Å². The number of hydrogen-bond acceptors (Lipinski definition) is 3. The van der Waals surface area contributed by atoms with Gasteiger partial charge in [-0.1, -0.05) is 0 Å². The van der Waals surface area contributed by atoms with E-state index in [1.54, 1.807) is 0 Å². The molecule has 3 nitrogen and oxygen atoms in total. The topological polar surface area (TPSA) is 52.5 Å². The smallest absolute Gasteiger partial charge is 0.165 e. The van der Waals surface area contributed by atoms with Crippen molar-refractivity contribution in [1.82, 2.24) is 5.32 Å². The molecule has 1 aliphatic rings. The van der Waals surface area contributed by atoms with E-state index in [-0.39, 0.29) is 21.5 Å². The number of aromatic hydroxyl groups is 2. The van der Waals surface area contributed by atoms with Gasteiger partial charge in [0.05, 0.1) is 10.0 Å². The molecule has 1 aliphatic heterocycles. The lowest BCUT2D eigenvalue weighted by atomic mass is 9.89. The van der Waals surface area contributed by atoms with Crippen molar-refractivity contribution in [2.24, 2.45) is 0 Å². The van der Waals surface area contributed by atoms with Crippen LogP contribution in [-0.2, 0) is 5.54 Å². The average Bonchev–Trinajstić information content (AvgIpc) is 2.63. The van der Waals surface area contributed by atoms with Crippen molar-refractivity contribution in [3.63, 3.8) is 0 Å². The van der Waals surface area contributed by atoms with E-state index >= 15 is 0 Å². The normalized spacial score (nSPS) is 24.9. The molecule has 1 saturated heterocycles. The van der Waals surface area contributed by atoms with Gasteiger partial charge in [0, 0.05) is 11.6 Å². The number of hydrogen-bond donors (Lipinski definition) is 3. The molecule has 0 saturated carbocycles. The summed E-state index contributed by atoms with van der Waals surface area (Å²) < 4.78 is 14.1. The molecule has 1 fully saturated rings. The van der Waals surface area contributed by atoms with Crippen LogP contribution in [0.4, 0.5) is 4.39 Å². The van der Waals surface area contributed by atoms with Gasteiger partial charge in [-0.25, -0.2) is 4.39 Å². The van der Waals surface area contributed by atoms with E-state index in [0.29, 0.717) is 0 Å². The number of benzene rings is 1. The quantitative estimate of drug-likeness (QED) is 0.697. The molecule has 0 amide bonds. The molecule has 5 heteroatoms. The van der Waals surface area contributed by atoms with Crippen molar-refractivity contribution >= 4 is 15.9 Å². The third-order valence-electron chi connectivity index (χ3n) is 3.09. The minimum atomic E-state index is -0.616. The highest BCUT2D eigenvalue weighted by molar-refractivity contribution is 9.10. The third-order valence-corrected chi connectivity index (χ3v) is 3.67. The van der Waals surface area contributed by atoms with Crippen molar-refractivity contribution < 1.29 is 14.6 Å². The molecule has 3 N–H and O–H groups in total. The highest BCUT2D eigenvalue weighted by atomic mass is 79.9. The average molecular weight is 290 g/mol. The molecule has 88 valence electrons. The summed E-state index contributed by atoms with van der Waals surface area (Å²) in [6, 6.07) is 1.16. The molecule has 0 radical (unpaired) electrons. The second-order valence-corrected chi connectivity index (χ2v) is 5.13. The van der Waals surface area contributed by atoms with E-state index < -0.39 is 11.4 Å². The van der Waals surface area contributed by atoms with Gasteiger partial charge in [0.1, 0.15) is 5.82 Å². The minimum Gasteiger partial charge on any atom is -0.504 e. The summed E-state index contributed by atoms with van der Waals surface area (Å²) in [7, 11) is 0. The molecular formula is C11H13BrFNO2. The molecule has 1 unspecified atom stereocenters. The Balaban J connectivity index is 2.63. The Labute approximate surface area is 101 Å². The molecule has 0 spiro atoms. The van der Waals surface area contributed by atoms with E-state index in [1.807, 2.05) is 6.92 Å². The molecule has 1 atom stereocenters. The molecule has 1 heterocycles. The van der Waals surface area contributed by atoms with Crippen LogP contribution in [0.3, 0.4) is 0 Å². The van der Waals surface area contributed by atoms with Crippen molar-refractivity contribution in [1.29, 1.82) is 0 Å². The van der Waals surface area contributed by atoms with Gasteiger partial charge in [-0.2, -0.15) is 0 Å². The fraction of sp³-hybridized carbons (Fsp3) is 0.455. The molecule has 0 bridgehead atoms. The molecule has 16 heavy (non-hydrogen) atoms. The summed E-state index contributed by atoms with van der Waals surface area (Å²) in [6.07, 6.45) is 1.65. The second kappa shape index (κ2) is 3.89. The summed E-state index contributed by atoms with van der Waals surface area (Å²) in [5.41, 5.74) is -0.480. The van der Waals surface area contributed by atoms with E-state index in [2.05, 4.69) is 21.2 Å². The number of halogens is 2. The van der Waals surface area contributed by atoms with E-state index in [0.717, 1.165) is 25.5 Å². The first kappa shape index (κ1) is 11.7. The maximum atomic E-state index is 14.0. The Kier molecular flexibility index (Phi) is 2.84. The number of rotatable bonds is 1. The Bertz CT molecular complexity index is 404. The van der Waals surface area contributed by atoms with Gasteiger partial charge in [-0.3, -0.25) is 0 Å². The SMILES string of the molecule is CC1(c2c(O)c(O)cc(Br)c2F)CCCN1. The van der Waals surface area contributed by atoms with Crippen LogP contribution >= 0.6 is 15.9 Å². The first-order chi connectivity index (χ1) is 7.46. The maximum Gasteiger partial charge on any atom is 0.165 e. The lowest BCUT2D eigenvalue weighted by Crippen LogP contribution is -2.34. The summed E-state index contributed by atoms with van der Waals surface area (Å²) in [4.78, 5) is 0. The largest absolute Gasteiger partial charge is 0.504 e. The third kappa shape index (κ3) is 1.68. The van der Waals surface area contributed by atoms with Gasteiger partial charge in [0.2, 0.25) is 0 Å². The fourth-order valence-corrected chi connectivity index (χ4v) is 2.63. The van der Waals surface area contributed by atoms with Crippen molar-refractivity contribution in [3.05, 3.63) is 21.9 Å². The Morgan fingerprint density at radius 2 is 2.19 bits per heavy atom. The first-order valence-electron chi connectivity index (χ1n) is 5.11.